The van der Waals surface area contributed by atoms with E-state index in [1.54, 1.807) is 40.7 Å². The minimum atomic E-state index is -0.961. The number of nitrogens with one attached hydrogen (secondary N) is 2. The minimum Gasteiger partial charge on any atom is -0.466 e. The van der Waals surface area contributed by atoms with E-state index in [1.807, 2.05) is 13.8 Å². The first-order valence-corrected chi connectivity index (χ1v) is 11.7. The zero-order valence-corrected chi connectivity index (χ0v) is 22.1. The number of hydrogen-bond acceptors (Lipinski definition) is 8. The number of amides is 1. The molecule has 1 aliphatic rings. The van der Waals surface area contributed by atoms with Gasteiger partial charge in [0.25, 0.3) is 11.6 Å². The number of non-ortho nitro benzene ring substituents is 1. The molecule has 2 N–H and O–H groups in total. The molecule has 10 nitrogen and oxygen atoms in total. The second-order valence-corrected chi connectivity index (χ2v) is 10.2. The molecule has 1 amide bonds. The first kappa shape index (κ1) is 28.5. The number of hydrogen-bond donors (Lipinski definition) is 2. The van der Waals surface area contributed by atoms with Gasteiger partial charge < -0.3 is 20.1 Å². The number of nitrogens with zero attached hydrogens (tertiary/aromatic N) is 1. The Kier molecular flexibility index (Phi) is 9.01. The molecule has 2 rings (SSSR count). The molecule has 0 aliphatic carbocycles. The van der Waals surface area contributed by atoms with Crippen molar-refractivity contribution in [2.45, 2.75) is 72.4 Å². The third kappa shape index (κ3) is 6.93. The maximum absolute atomic E-state index is 13.7. The Morgan fingerprint density at radius 2 is 1.75 bits per heavy atom. The Hall–Kier alpha value is -3.69. The lowest BCUT2D eigenvalue weighted by atomic mass is 9.79. The van der Waals surface area contributed by atoms with Crippen molar-refractivity contribution in [3.63, 3.8) is 0 Å². The Morgan fingerprint density at radius 1 is 1.14 bits per heavy atom. The van der Waals surface area contributed by atoms with Gasteiger partial charge in [0.05, 0.1) is 23.5 Å². The largest absolute Gasteiger partial charge is 0.466 e. The molecule has 0 bridgehead atoms. The van der Waals surface area contributed by atoms with E-state index in [4.69, 9.17) is 9.47 Å². The average Bonchev–Trinajstić information content (AvgIpc) is 2.76. The first-order chi connectivity index (χ1) is 16.7. The normalized spacial score (nSPS) is 16.9. The summed E-state index contributed by atoms with van der Waals surface area (Å²) in [7, 11) is 1.22. The van der Waals surface area contributed by atoms with Crippen molar-refractivity contribution < 1.29 is 28.8 Å². The van der Waals surface area contributed by atoms with E-state index in [2.05, 4.69) is 10.6 Å². The number of allylic oxidation sites excluding steroid dienone is 2. The van der Waals surface area contributed by atoms with Gasteiger partial charge in [0.15, 0.2) is 0 Å². The molecule has 0 aromatic heterocycles. The van der Waals surface area contributed by atoms with Gasteiger partial charge in [-0.25, -0.2) is 9.59 Å². The van der Waals surface area contributed by atoms with E-state index in [1.165, 1.54) is 25.3 Å². The van der Waals surface area contributed by atoms with Crippen molar-refractivity contribution in [3.8, 4) is 0 Å². The van der Waals surface area contributed by atoms with Crippen LogP contribution in [0.4, 0.5) is 5.69 Å². The van der Waals surface area contributed by atoms with E-state index < -0.39 is 40.3 Å². The fourth-order valence-corrected chi connectivity index (χ4v) is 4.12. The lowest BCUT2D eigenvalue weighted by Gasteiger charge is -2.32. The number of carbonyl (C=O) groups excluding carboxylic acids is 3. The highest BCUT2D eigenvalue weighted by Gasteiger charge is 2.39. The summed E-state index contributed by atoms with van der Waals surface area (Å²) in [6, 6.07) is 4.82. The van der Waals surface area contributed by atoms with Crippen LogP contribution in [0.15, 0.2) is 46.8 Å². The molecule has 1 aromatic carbocycles. The molecular formula is C26H35N3O7. The fourth-order valence-electron chi connectivity index (χ4n) is 4.12. The molecule has 10 heteroatoms. The predicted molar refractivity (Wildman–Crippen MR) is 134 cm³/mol. The molecule has 0 radical (unpaired) electrons. The van der Waals surface area contributed by atoms with Crippen LogP contribution in [0.1, 0.15) is 66.4 Å². The van der Waals surface area contributed by atoms with Crippen molar-refractivity contribution in [2.75, 3.05) is 7.11 Å². The third-order valence-corrected chi connectivity index (χ3v) is 5.53. The minimum absolute atomic E-state index is 0.0720. The van der Waals surface area contributed by atoms with Gasteiger partial charge in [-0.1, -0.05) is 26.0 Å². The summed E-state index contributed by atoms with van der Waals surface area (Å²) in [5.74, 6) is -2.74. The number of rotatable bonds is 8. The Labute approximate surface area is 211 Å². The van der Waals surface area contributed by atoms with Crippen LogP contribution in [-0.4, -0.2) is 41.5 Å². The molecule has 0 saturated heterocycles. The highest BCUT2D eigenvalue weighted by Crippen LogP contribution is 2.39. The van der Waals surface area contributed by atoms with Crippen LogP contribution < -0.4 is 10.6 Å². The summed E-state index contributed by atoms with van der Waals surface area (Å²) < 4.78 is 10.5. The van der Waals surface area contributed by atoms with E-state index in [9.17, 15) is 24.5 Å². The van der Waals surface area contributed by atoms with E-state index in [0.717, 1.165) is 0 Å². The lowest BCUT2D eigenvalue weighted by molar-refractivity contribution is -0.384. The third-order valence-electron chi connectivity index (χ3n) is 5.53. The smallest absolute Gasteiger partial charge is 0.336 e. The molecule has 36 heavy (non-hydrogen) atoms. The van der Waals surface area contributed by atoms with Gasteiger partial charge in [0.1, 0.15) is 11.6 Å². The Bertz CT molecular complexity index is 1110. The van der Waals surface area contributed by atoms with Gasteiger partial charge in [-0.15, -0.1) is 0 Å². The van der Waals surface area contributed by atoms with Gasteiger partial charge in [-0.3, -0.25) is 14.9 Å². The van der Waals surface area contributed by atoms with Crippen molar-refractivity contribution in [2.24, 2.45) is 5.92 Å². The number of dihydropyridines is 1. The lowest BCUT2D eigenvalue weighted by Crippen LogP contribution is -2.47. The number of benzene rings is 1. The quantitative estimate of drug-likeness (QED) is 0.311. The highest BCUT2D eigenvalue weighted by atomic mass is 16.6. The predicted octanol–water partition coefficient (Wildman–Crippen LogP) is 3.88. The molecule has 2 atom stereocenters. The van der Waals surface area contributed by atoms with Gasteiger partial charge in [0, 0.05) is 29.1 Å². The summed E-state index contributed by atoms with van der Waals surface area (Å²) in [6.45, 7) is 12.4. The van der Waals surface area contributed by atoms with Gasteiger partial charge in [-0.05, 0) is 52.5 Å². The molecule has 0 spiro atoms. The van der Waals surface area contributed by atoms with Crippen LogP contribution in [0, 0.1) is 16.0 Å². The summed E-state index contributed by atoms with van der Waals surface area (Å²) in [6.07, 6.45) is 0.334. The molecule has 1 heterocycles. The molecule has 1 aliphatic heterocycles. The van der Waals surface area contributed by atoms with Crippen LogP contribution in [0.5, 0.6) is 0 Å². The van der Waals surface area contributed by atoms with Crippen molar-refractivity contribution in [1.29, 1.82) is 0 Å². The van der Waals surface area contributed by atoms with Crippen molar-refractivity contribution >= 4 is 23.5 Å². The SMILES string of the molecule is COC(=O)C1=C(C)NC(C)=C(C(=O)N[C@@H](CC(C)C)C(=O)OC(C)(C)C)[C@@H]1c1cccc([N+](=O)[O-])c1. The standard InChI is InChI=1S/C26H35N3O7/c1-14(2)12-19(24(31)36-26(5,6)7)28-23(30)20-15(3)27-16(4)21(25(32)35-8)22(20)17-10-9-11-18(13-17)29(33)34/h9-11,13-14,19,22,27H,12H2,1-8H3,(H,28,30)/t19-,22-/m0/s1. The van der Waals surface area contributed by atoms with Gasteiger partial charge in [0.2, 0.25) is 0 Å². The van der Waals surface area contributed by atoms with Crippen LogP contribution in [-0.2, 0) is 23.9 Å². The van der Waals surface area contributed by atoms with Crippen molar-refractivity contribution in [1.82, 2.24) is 10.6 Å². The molecule has 0 saturated carbocycles. The molecule has 1 aromatic rings. The summed E-state index contributed by atoms with van der Waals surface area (Å²) >= 11 is 0. The second kappa shape index (κ2) is 11.4. The summed E-state index contributed by atoms with van der Waals surface area (Å²) in [4.78, 5) is 50.3. The summed E-state index contributed by atoms with van der Waals surface area (Å²) in [5, 5.41) is 17.3. The molecule has 0 unspecified atom stereocenters. The van der Waals surface area contributed by atoms with Crippen LogP contribution >= 0.6 is 0 Å². The van der Waals surface area contributed by atoms with Crippen molar-refractivity contribution in [3.05, 3.63) is 62.5 Å². The zero-order valence-electron chi connectivity index (χ0n) is 22.1. The molecule has 0 fully saturated rings. The van der Waals surface area contributed by atoms with E-state index in [-0.39, 0.29) is 22.8 Å². The maximum Gasteiger partial charge on any atom is 0.336 e. The first-order valence-electron chi connectivity index (χ1n) is 11.7. The van der Waals surface area contributed by atoms with E-state index in [0.29, 0.717) is 23.4 Å². The van der Waals surface area contributed by atoms with Crippen LogP contribution in [0.2, 0.25) is 0 Å². The fraction of sp³-hybridized carbons (Fsp3) is 0.500. The number of nitro groups is 1. The monoisotopic (exact) mass is 501 g/mol. The van der Waals surface area contributed by atoms with Gasteiger partial charge in [-0.2, -0.15) is 0 Å². The maximum atomic E-state index is 13.7. The zero-order chi connectivity index (χ0) is 27.4. The summed E-state index contributed by atoms with van der Waals surface area (Å²) in [5.41, 5.74) is 0.636. The van der Waals surface area contributed by atoms with E-state index >= 15 is 0 Å². The number of esters is 2. The molecule has 196 valence electrons. The number of methoxy groups -OCH3 is 1. The van der Waals surface area contributed by atoms with Crippen LogP contribution in [0.3, 0.4) is 0 Å². The Balaban J connectivity index is 2.59. The second-order valence-electron chi connectivity index (χ2n) is 10.2. The topological polar surface area (TPSA) is 137 Å². The highest BCUT2D eigenvalue weighted by molar-refractivity contribution is 6.03. The molecular weight excluding hydrogens is 466 g/mol. The Morgan fingerprint density at radius 3 is 2.28 bits per heavy atom. The number of carbonyl (C=O) groups is 3. The van der Waals surface area contributed by atoms with Crippen LogP contribution in [0.25, 0.3) is 0 Å². The van der Waals surface area contributed by atoms with Gasteiger partial charge >= 0.3 is 11.9 Å². The number of ether oxygens (including phenoxy) is 2. The average molecular weight is 502 g/mol. The number of nitro benzene ring substituents is 1.